The van der Waals surface area contributed by atoms with Gasteiger partial charge >= 0.3 is 12.1 Å². The lowest BCUT2D eigenvalue weighted by Gasteiger charge is -2.10. The molecule has 0 saturated carbocycles. The van der Waals surface area contributed by atoms with Gasteiger partial charge in [0.05, 0.1) is 17.3 Å². The number of hydrogen-bond acceptors (Lipinski definition) is 5. The molecule has 0 spiro atoms. The van der Waals surface area contributed by atoms with E-state index in [-0.39, 0.29) is 22.6 Å². The predicted octanol–water partition coefficient (Wildman–Crippen LogP) is 7.47. The summed E-state index contributed by atoms with van der Waals surface area (Å²) in [6.07, 6.45) is -3.29. The lowest BCUT2D eigenvalue weighted by atomic mass is 10.1. The maximum absolute atomic E-state index is 13.0. The van der Waals surface area contributed by atoms with Crippen molar-refractivity contribution >= 4 is 61.5 Å². The lowest BCUT2D eigenvalue weighted by Crippen LogP contribution is -2.19. The second-order valence-electron chi connectivity index (χ2n) is 8.39. The molecule has 4 aromatic carbocycles. The topological polar surface area (TPSA) is 96.9 Å². The standard InChI is InChI=1S/C29H18Br2F3N3O4/c30-22-9-7-17(8-10-22)28(40)41-25-12-11-23(31)14-20(25)16-35-37-27(39)19-4-2-6-24(15-19)36-26(38)18-3-1-5-21(13-18)29(32,33)34/h1-16H,(H,36,38)(H,37,39). The minimum Gasteiger partial charge on any atom is -0.422 e. The van der Waals surface area contributed by atoms with Crippen molar-refractivity contribution < 1.29 is 32.3 Å². The third-order valence-electron chi connectivity index (χ3n) is 5.46. The fourth-order valence-electron chi connectivity index (χ4n) is 3.46. The summed E-state index contributed by atoms with van der Waals surface area (Å²) in [5.41, 5.74) is 2.27. The highest BCUT2D eigenvalue weighted by atomic mass is 79.9. The number of halogens is 5. The van der Waals surface area contributed by atoms with Crippen molar-refractivity contribution in [3.63, 3.8) is 0 Å². The van der Waals surface area contributed by atoms with Gasteiger partial charge in [-0.25, -0.2) is 10.2 Å². The molecule has 0 atom stereocenters. The van der Waals surface area contributed by atoms with Gasteiger partial charge in [-0.1, -0.05) is 44.0 Å². The number of hydrogen-bond donors (Lipinski definition) is 2. The zero-order chi connectivity index (χ0) is 29.6. The monoisotopic (exact) mass is 687 g/mol. The van der Waals surface area contributed by atoms with Crippen LogP contribution in [0, 0.1) is 0 Å². The SMILES string of the molecule is O=C(NN=Cc1cc(Br)ccc1OC(=O)c1ccc(Br)cc1)c1cccc(NC(=O)c2cccc(C(F)(F)F)c2)c1. The molecule has 2 amide bonds. The summed E-state index contributed by atoms with van der Waals surface area (Å²) >= 11 is 6.65. The molecular formula is C29H18Br2F3N3O4. The van der Waals surface area contributed by atoms with Crippen molar-refractivity contribution in [2.75, 3.05) is 5.32 Å². The summed E-state index contributed by atoms with van der Waals surface area (Å²) in [5.74, 6) is -1.77. The maximum Gasteiger partial charge on any atom is 0.416 e. The Morgan fingerprint density at radius 3 is 2.12 bits per heavy atom. The van der Waals surface area contributed by atoms with Gasteiger partial charge in [0.15, 0.2) is 0 Å². The van der Waals surface area contributed by atoms with Crippen LogP contribution in [-0.2, 0) is 6.18 Å². The van der Waals surface area contributed by atoms with Gasteiger partial charge in [-0.15, -0.1) is 0 Å². The van der Waals surface area contributed by atoms with E-state index in [0.717, 1.165) is 22.7 Å². The van der Waals surface area contributed by atoms with E-state index in [1.165, 1.54) is 36.5 Å². The number of esters is 1. The number of carbonyl (C=O) groups excluding carboxylic acids is 3. The Hall–Kier alpha value is -4.29. The minimum absolute atomic E-state index is 0.125. The molecule has 0 bridgehead atoms. The molecule has 0 unspecified atom stereocenters. The minimum atomic E-state index is -4.59. The van der Waals surface area contributed by atoms with Crippen LogP contribution in [-0.4, -0.2) is 24.0 Å². The highest BCUT2D eigenvalue weighted by Gasteiger charge is 2.30. The van der Waals surface area contributed by atoms with Crippen LogP contribution >= 0.6 is 31.9 Å². The average molecular weight is 689 g/mol. The number of ether oxygens (including phenoxy) is 1. The van der Waals surface area contributed by atoms with Crippen molar-refractivity contribution in [2.45, 2.75) is 6.18 Å². The van der Waals surface area contributed by atoms with E-state index in [0.29, 0.717) is 15.6 Å². The molecule has 4 rings (SSSR count). The molecule has 0 aromatic heterocycles. The third kappa shape index (κ3) is 8.12. The van der Waals surface area contributed by atoms with Gasteiger partial charge in [0.1, 0.15) is 5.75 Å². The zero-order valence-electron chi connectivity index (χ0n) is 20.7. The van der Waals surface area contributed by atoms with Crippen LogP contribution in [0.5, 0.6) is 5.75 Å². The predicted molar refractivity (Wildman–Crippen MR) is 154 cm³/mol. The largest absolute Gasteiger partial charge is 0.422 e. The highest BCUT2D eigenvalue weighted by molar-refractivity contribution is 9.10. The first-order valence-corrected chi connectivity index (χ1v) is 13.3. The molecule has 4 aromatic rings. The molecule has 12 heteroatoms. The highest BCUT2D eigenvalue weighted by Crippen LogP contribution is 2.30. The number of nitrogens with zero attached hydrogens (tertiary/aromatic N) is 1. The number of hydrazone groups is 1. The average Bonchev–Trinajstić information content (AvgIpc) is 2.94. The van der Waals surface area contributed by atoms with Crippen molar-refractivity contribution in [2.24, 2.45) is 5.10 Å². The molecule has 0 aliphatic carbocycles. The van der Waals surface area contributed by atoms with E-state index < -0.39 is 29.5 Å². The van der Waals surface area contributed by atoms with Crippen LogP contribution < -0.4 is 15.5 Å². The molecule has 208 valence electrons. The van der Waals surface area contributed by atoms with E-state index >= 15 is 0 Å². The summed E-state index contributed by atoms with van der Waals surface area (Å²) in [7, 11) is 0. The zero-order valence-corrected chi connectivity index (χ0v) is 23.9. The molecule has 0 radical (unpaired) electrons. The summed E-state index contributed by atoms with van der Waals surface area (Å²) in [6.45, 7) is 0. The second-order valence-corrected chi connectivity index (χ2v) is 10.2. The van der Waals surface area contributed by atoms with E-state index in [4.69, 9.17) is 4.74 Å². The summed E-state index contributed by atoms with van der Waals surface area (Å²) < 4.78 is 45.9. The Balaban J connectivity index is 1.43. The van der Waals surface area contributed by atoms with Gasteiger partial charge in [0, 0.05) is 31.3 Å². The summed E-state index contributed by atoms with van der Waals surface area (Å²) in [4.78, 5) is 37.7. The third-order valence-corrected chi connectivity index (χ3v) is 6.48. The molecule has 0 heterocycles. The van der Waals surface area contributed by atoms with Crippen molar-refractivity contribution in [1.82, 2.24) is 5.43 Å². The van der Waals surface area contributed by atoms with Crippen LogP contribution in [0.15, 0.2) is 105 Å². The van der Waals surface area contributed by atoms with Gasteiger partial charge in [-0.05, 0) is 78.9 Å². The Morgan fingerprint density at radius 1 is 0.756 bits per heavy atom. The van der Waals surface area contributed by atoms with E-state index in [2.05, 4.69) is 47.7 Å². The number of amides is 2. The molecular weight excluding hydrogens is 671 g/mol. The van der Waals surface area contributed by atoms with Gasteiger partial charge in [-0.2, -0.15) is 18.3 Å². The fraction of sp³-hybridized carbons (Fsp3) is 0.0345. The van der Waals surface area contributed by atoms with Crippen LogP contribution in [0.2, 0.25) is 0 Å². The van der Waals surface area contributed by atoms with Crippen molar-refractivity contribution in [3.8, 4) is 5.75 Å². The second kappa shape index (κ2) is 12.9. The van der Waals surface area contributed by atoms with Gasteiger partial charge in [-0.3, -0.25) is 9.59 Å². The quantitative estimate of drug-likeness (QED) is 0.0912. The van der Waals surface area contributed by atoms with Crippen LogP contribution in [0.4, 0.5) is 18.9 Å². The first-order chi connectivity index (χ1) is 19.5. The van der Waals surface area contributed by atoms with Crippen molar-refractivity contribution in [1.29, 1.82) is 0 Å². The number of carbonyl (C=O) groups is 3. The number of benzene rings is 4. The Kier molecular flexibility index (Phi) is 9.35. The number of rotatable bonds is 7. The molecule has 0 saturated heterocycles. The molecule has 0 fully saturated rings. The number of alkyl halides is 3. The molecule has 2 N–H and O–H groups in total. The smallest absolute Gasteiger partial charge is 0.416 e. The molecule has 41 heavy (non-hydrogen) atoms. The maximum atomic E-state index is 13.0. The molecule has 0 aliphatic rings. The molecule has 7 nitrogen and oxygen atoms in total. The Bertz CT molecular complexity index is 1640. The van der Waals surface area contributed by atoms with E-state index in [1.54, 1.807) is 42.5 Å². The van der Waals surface area contributed by atoms with Gasteiger partial charge in [0.2, 0.25) is 0 Å². The van der Waals surface area contributed by atoms with E-state index in [9.17, 15) is 27.6 Å². The van der Waals surface area contributed by atoms with E-state index in [1.807, 2.05) is 0 Å². The van der Waals surface area contributed by atoms with Gasteiger partial charge < -0.3 is 10.1 Å². The number of nitrogens with one attached hydrogen (secondary N) is 2. The molecule has 0 aliphatic heterocycles. The first kappa shape index (κ1) is 29.7. The first-order valence-electron chi connectivity index (χ1n) is 11.7. The Morgan fingerprint density at radius 2 is 1.41 bits per heavy atom. The van der Waals surface area contributed by atoms with Crippen LogP contribution in [0.25, 0.3) is 0 Å². The normalized spacial score (nSPS) is 11.2. The number of anilines is 1. The lowest BCUT2D eigenvalue weighted by molar-refractivity contribution is -0.137. The summed E-state index contributed by atoms with van der Waals surface area (Å²) in [5, 5.41) is 6.43. The fourth-order valence-corrected chi connectivity index (χ4v) is 4.10. The van der Waals surface area contributed by atoms with Crippen LogP contribution in [0.1, 0.15) is 42.2 Å². The summed E-state index contributed by atoms with van der Waals surface area (Å²) in [6, 6.07) is 21.3. The van der Waals surface area contributed by atoms with Gasteiger partial charge in [0.25, 0.3) is 11.8 Å². The van der Waals surface area contributed by atoms with Crippen molar-refractivity contribution in [3.05, 3.63) is 128 Å². The van der Waals surface area contributed by atoms with Crippen LogP contribution in [0.3, 0.4) is 0 Å². The Labute approximate surface area is 248 Å².